The number of carbonyl (C=O) groups is 1. The van der Waals surface area contributed by atoms with Crippen LogP contribution in [0, 0.1) is 0 Å². The van der Waals surface area contributed by atoms with E-state index in [0.717, 1.165) is 0 Å². The van der Waals surface area contributed by atoms with E-state index in [2.05, 4.69) is 17.4 Å². The third kappa shape index (κ3) is 1.93. The highest BCUT2D eigenvalue weighted by atomic mass is 35.5. The van der Waals surface area contributed by atoms with Gasteiger partial charge in [0, 0.05) is 4.90 Å². The van der Waals surface area contributed by atoms with Crippen molar-refractivity contribution in [3.63, 3.8) is 0 Å². The molecule has 0 spiro atoms. The minimum Gasteiger partial charge on any atom is -0.465 e. The molecule has 12 heavy (non-hydrogen) atoms. The topological polar surface area (TPSA) is 26.3 Å². The quantitative estimate of drug-likeness (QED) is 0.559. The monoisotopic (exact) mass is 202 g/mol. The molecule has 1 aromatic carbocycles. The van der Waals surface area contributed by atoms with Crippen molar-refractivity contribution in [3.8, 4) is 0 Å². The summed E-state index contributed by atoms with van der Waals surface area (Å²) in [7, 11) is 1.33. The van der Waals surface area contributed by atoms with Crippen LogP contribution in [0.25, 0.3) is 0 Å². The minimum atomic E-state index is -0.387. The zero-order valence-electron chi connectivity index (χ0n) is 6.37. The molecule has 0 radical (unpaired) electrons. The smallest absolute Gasteiger partial charge is 0.337 e. The Morgan fingerprint density at radius 2 is 2.25 bits per heavy atom. The van der Waals surface area contributed by atoms with Crippen molar-refractivity contribution in [2.45, 2.75) is 4.90 Å². The Labute approximate surface area is 80.9 Å². The highest BCUT2D eigenvalue weighted by molar-refractivity contribution is 7.80. The van der Waals surface area contributed by atoms with E-state index in [1.165, 1.54) is 7.11 Å². The van der Waals surface area contributed by atoms with Gasteiger partial charge in [-0.25, -0.2) is 4.79 Å². The number of methoxy groups -OCH3 is 1. The van der Waals surface area contributed by atoms with Gasteiger partial charge in [0.1, 0.15) is 0 Å². The number of esters is 1. The lowest BCUT2D eigenvalue weighted by Crippen LogP contribution is -2.00. The zero-order valence-corrected chi connectivity index (χ0v) is 8.02. The van der Waals surface area contributed by atoms with Gasteiger partial charge < -0.3 is 4.74 Å². The maximum atomic E-state index is 11.0. The van der Waals surface area contributed by atoms with Crippen molar-refractivity contribution in [1.82, 2.24) is 0 Å². The van der Waals surface area contributed by atoms with E-state index < -0.39 is 0 Å². The molecule has 0 saturated heterocycles. The van der Waals surface area contributed by atoms with E-state index in [1.54, 1.807) is 18.2 Å². The van der Waals surface area contributed by atoms with E-state index in [1.807, 2.05) is 0 Å². The molecule has 0 amide bonds. The summed E-state index contributed by atoms with van der Waals surface area (Å²) in [6.07, 6.45) is 0. The predicted octanol–water partition coefficient (Wildman–Crippen LogP) is 2.42. The summed E-state index contributed by atoms with van der Waals surface area (Å²) >= 11 is 9.76. The fourth-order valence-electron chi connectivity index (χ4n) is 0.757. The van der Waals surface area contributed by atoms with E-state index in [9.17, 15) is 4.79 Å². The number of rotatable bonds is 1. The third-order valence-electron chi connectivity index (χ3n) is 1.37. The van der Waals surface area contributed by atoms with Crippen LogP contribution in [0.15, 0.2) is 23.1 Å². The van der Waals surface area contributed by atoms with E-state index in [0.29, 0.717) is 15.5 Å². The van der Waals surface area contributed by atoms with Gasteiger partial charge >= 0.3 is 5.97 Å². The summed E-state index contributed by atoms with van der Waals surface area (Å²) in [5, 5.41) is 0.519. The lowest BCUT2D eigenvalue weighted by atomic mass is 10.2. The van der Waals surface area contributed by atoms with Crippen LogP contribution in [0.4, 0.5) is 0 Å². The second kappa shape index (κ2) is 3.83. The van der Waals surface area contributed by atoms with Crippen molar-refractivity contribution in [2.24, 2.45) is 0 Å². The fourth-order valence-corrected chi connectivity index (χ4v) is 1.09. The molecular weight excluding hydrogens is 196 g/mol. The van der Waals surface area contributed by atoms with Gasteiger partial charge in [-0.3, -0.25) is 0 Å². The van der Waals surface area contributed by atoms with Crippen LogP contribution in [0.3, 0.4) is 0 Å². The van der Waals surface area contributed by atoms with Gasteiger partial charge in [0.2, 0.25) is 0 Å². The van der Waals surface area contributed by atoms with Crippen molar-refractivity contribution >= 4 is 30.2 Å². The summed E-state index contributed by atoms with van der Waals surface area (Å²) in [5.41, 5.74) is 0.451. The second-order valence-corrected chi connectivity index (χ2v) is 3.05. The van der Waals surface area contributed by atoms with Gasteiger partial charge in [0.05, 0.1) is 17.7 Å². The minimum absolute atomic E-state index is 0.387. The predicted molar refractivity (Wildman–Crippen MR) is 50.0 cm³/mol. The molecule has 0 aliphatic rings. The Morgan fingerprint density at radius 1 is 1.58 bits per heavy atom. The number of carbonyl (C=O) groups excluding carboxylic acids is 1. The number of halogens is 1. The van der Waals surface area contributed by atoms with Crippen LogP contribution in [0.2, 0.25) is 5.02 Å². The molecule has 0 N–H and O–H groups in total. The second-order valence-electron chi connectivity index (χ2n) is 2.16. The highest BCUT2D eigenvalue weighted by Crippen LogP contribution is 2.20. The molecule has 64 valence electrons. The lowest BCUT2D eigenvalue weighted by Gasteiger charge is -2.00. The lowest BCUT2D eigenvalue weighted by molar-refractivity contribution is 0.0600. The molecule has 0 atom stereocenters. The van der Waals surface area contributed by atoms with Crippen LogP contribution in [-0.4, -0.2) is 13.1 Å². The first kappa shape index (κ1) is 9.42. The summed E-state index contributed by atoms with van der Waals surface area (Å²) in [6.45, 7) is 0. The fraction of sp³-hybridized carbons (Fsp3) is 0.125. The Hall–Kier alpha value is -0.670. The Bertz CT molecular complexity index is 312. The number of ether oxygens (including phenoxy) is 1. The van der Waals surface area contributed by atoms with Crippen molar-refractivity contribution in [1.29, 1.82) is 0 Å². The van der Waals surface area contributed by atoms with Crippen LogP contribution in [-0.2, 0) is 4.74 Å². The van der Waals surface area contributed by atoms with Gasteiger partial charge in [-0.1, -0.05) is 11.6 Å². The average Bonchev–Trinajstić information content (AvgIpc) is 2.08. The van der Waals surface area contributed by atoms with Crippen molar-refractivity contribution in [3.05, 3.63) is 28.8 Å². The first-order chi connectivity index (χ1) is 5.65. The van der Waals surface area contributed by atoms with Crippen LogP contribution < -0.4 is 0 Å². The van der Waals surface area contributed by atoms with Gasteiger partial charge in [0.25, 0.3) is 0 Å². The van der Waals surface area contributed by atoms with Crippen LogP contribution in [0.1, 0.15) is 10.4 Å². The molecule has 0 bridgehead atoms. The number of thiol groups is 1. The Morgan fingerprint density at radius 3 is 2.75 bits per heavy atom. The first-order valence-electron chi connectivity index (χ1n) is 3.22. The molecule has 0 saturated carbocycles. The van der Waals surface area contributed by atoms with E-state index >= 15 is 0 Å². The zero-order chi connectivity index (χ0) is 9.14. The molecule has 4 heteroatoms. The molecule has 1 aromatic rings. The molecule has 0 aromatic heterocycles. The molecular formula is C8H7ClO2S. The summed E-state index contributed by atoms with van der Waals surface area (Å²) in [6, 6.07) is 4.77. The molecule has 0 aliphatic carbocycles. The van der Waals surface area contributed by atoms with Crippen LogP contribution >= 0.6 is 24.2 Å². The van der Waals surface area contributed by atoms with Gasteiger partial charge in [-0.05, 0) is 18.2 Å². The molecule has 0 unspecified atom stereocenters. The maximum Gasteiger partial charge on any atom is 0.337 e. The van der Waals surface area contributed by atoms with Crippen molar-refractivity contribution < 1.29 is 9.53 Å². The van der Waals surface area contributed by atoms with Crippen molar-refractivity contribution in [2.75, 3.05) is 7.11 Å². The molecule has 0 aliphatic heterocycles. The van der Waals surface area contributed by atoms with Crippen LogP contribution in [0.5, 0.6) is 0 Å². The first-order valence-corrected chi connectivity index (χ1v) is 4.04. The van der Waals surface area contributed by atoms with E-state index in [-0.39, 0.29) is 5.97 Å². The molecule has 0 fully saturated rings. The van der Waals surface area contributed by atoms with E-state index in [4.69, 9.17) is 11.6 Å². The number of hydrogen-bond acceptors (Lipinski definition) is 3. The summed E-state index contributed by atoms with van der Waals surface area (Å²) < 4.78 is 4.52. The molecule has 1 rings (SSSR count). The Kier molecular flexibility index (Phi) is 3.00. The normalized spacial score (nSPS) is 9.58. The number of benzene rings is 1. The summed E-state index contributed by atoms with van der Waals surface area (Å²) in [4.78, 5) is 11.5. The third-order valence-corrected chi connectivity index (χ3v) is 2.20. The summed E-state index contributed by atoms with van der Waals surface area (Å²) in [5.74, 6) is -0.387. The SMILES string of the molecule is COC(=O)c1ccc(Cl)c(S)c1. The largest absolute Gasteiger partial charge is 0.465 e. The van der Waals surface area contributed by atoms with Gasteiger partial charge in [-0.15, -0.1) is 12.6 Å². The standard InChI is InChI=1S/C8H7ClO2S/c1-11-8(10)5-2-3-6(9)7(12)4-5/h2-4,12H,1H3. The van der Waals surface area contributed by atoms with Gasteiger partial charge in [0.15, 0.2) is 0 Å². The highest BCUT2D eigenvalue weighted by Gasteiger charge is 2.06. The molecule has 2 nitrogen and oxygen atoms in total. The Balaban J connectivity index is 3.05. The molecule has 0 heterocycles. The maximum absolute atomic E-state index is 11.0. The average molecular weight is 203 g/mol. The number of hydrogen-bond donors (Lipinski definition) is 1. The van der Waals surface area contributed by atoms with Gasteiger partial charge in [-0.2, -0.15) is 0 Å².